The average Bonchev–Trinajstić information content (AvgIpc) is 3.03. The molecule has 7 rings (SSSR count). The molecule has 0 saturated carbocycles. The molecule has 0 aromatic heterocycles. The SMILES string of the molecule is COC(=O)c1ccccc1-c1ccc2c3c(cccc13)-c1ccc(N(c3ccc(F)cc3)c3ccc(F)cc3)cc1N2. The minimum Gasteiger partial charge on any atom is -0.465 e. The summed E-state index contributed by atoms with van der Waals surface area (Å²) in [6, 6.07) is 36.3. The molecule has 0 atom stereocenters. The molecule has 0 saturated heterocycles. The Hall–Kier alpha value is -5.49. The molecule has 6 heteroatoms. The minimum absolute atomic E-state index is 0.330. The van der Waals surface area contributed by atoms with Crippen molar-refractivity contribution in [3.05, 3.63) is 139 Å². The summed E-state index contributed by atoms with van der Waals surface area (Å²) < 4.78 is 32.6. The molecule has 6 aromatic rings. The smallest absolute Gasteiger partial charge is 0.338 e. The van der Waals surface area contributed by atoms with E-state index in [4.69, 9.17) is 4.74 Å². The lowest BCUT2D eigenvalue weighted by atomic mass is 9.87. The molecule has 0 fully saturated rings. The van der Waals surface area contributed by atoms with Gasteiger partial charge in [0.1, 0.15) is 11.6 Å². The van der Waals surface area contributed by atoms with Gasteiger partial charge in [0.05, 0.1) is 12.7 Å². The van der Waals surface area contributed by atoms with Crippen LogP contribution in [0.3, 0.4) is 0 Å². The van der Waals surface area contributed by atoms with Crippen molar-refractivity contribution in [3.8, 4) is 22.3 Å². The third-order valence-corrected chi connectivity index (χ3v) is 7.65. The van der Waals surface area contributed by atoms with Crippen molar-refractivity contribution in [3.63, 3.8) is 0 Å². The highest BCUT2D eigenvalue weighted by Crippen LogP contribution is 2.48. The first-order valence-electron chi connectivity index (χ1n) is 13.5. The lowest BCUT2D eigenvalue weighted by Gasteiger charge is -2.29. The number of hydrogen-bond donors (Lipinski definition) is 1. The summed E-state index contributed by atoms with van der Waals surface area (Å²) in [5.74, 6) is -1.04. The normalized spacial score (nSPS) is 11.5. The van der Waals surface area contributed by atoms with Gasteiger partial charge in [0.2, 0.25) is 0 Å². The van der Waals surface area contributed by atoms with Gasteiger partial charge in [0.15, 0.2) is 0 Å². The van der Waals surface area contributed by atoms with Crippen molar-refractivity contribution in [1.29, 1.82) is 0 Å². The van der Waals surface area contributed by atoms with Gasteiger partial charge in [-0.15, -0.1) is 0 Å². The van der Waals surface area contributed by atoms with Gasteiger partial charge in [0.25, 0.3) is 0 Å². The molecule has 4 nitrogen and oxygen atoms in total. The van der Waals surface area contributed by atoms with Crippen LogP contribution in [-0.4, -0.2) is 13.1 Å². The van der Waals surface area contributed by atoms with Crippen LogP contribution in [0.5, 0.6) is 0 Å². The molecule has 0 radical (unpaired) electrons. The Kier molecular flexibility index (Phi) is 6.16. The first kappa shape index (κ1) is 25.5. The molecular formula is C36H24F2N2O2. The highest BCUT2D eigenvalue weighted by atomic mass is 19.1. The molecule has 42 heavy (non-hydrogen) atoms. The van der Waals surface area contributed by atoms with Crippen molar-refractivity contribution in [2.45, 2.75) is 0 Å². The number of methoxy groups -OCH3 is 1. The Morgan fingerprint density at radius 2 is 1.24 bits per heavy atom. The molecule has 0 bridgehead atoms. The molecular weight excluding hydrogens is 530 g/mol. The molecule has 6 aromatic carbocycles. The van der Waals surface area contributed by atoms with Crippen LogP contribution in [0, 0.1) is 11.6 Å². The second-order valence-electron chi connectivity index (χ2n) is 10.1. The van der Waals surface area contributed by atoms with Gasteiger partial charge < -0.3 is 15.0 Å². The van der Waals surface area contributed by atoms with Gasteiger partial charge in [-0.3, -0.25) is 0 Å². The maximum atomic E-state index is 13.8. The zero-order valence-electron chi connectivity index (χ0n) is 22.6. The predicted molar refractivity (Wildman–Crippen MR) is 164 cm³/mol. The van der Waals surface area contributed by atoms with Gasteiger partial charge in [-0.2, -0.15) is 0 Å². The number of fused-ring (bicyclic) bond motifs is 2. The van der Waals surface area contributed by atoms with E-state index in [-0.39, 0.29) is 17.6 Å². The number of benzene rings is 6. The maximum Gasteiger partial charge on any atom is 0.338 e. The molecule has 0 aliphatic carbocycles. The van der Waals surface area contributed by atoms with E-state index in [1.807, 2.05) is 53.4 Å². The summed E-state index contributed by atoms with van der Waals surface area (Å²) >= 11 is 0. The Balaban J connectivity index is 1.37. The number of esters is 1. The summed E-state index contributed by atoms with van der Waals surface area (Å²) in [4.78, 5) is 14.5. The summed E-state index contributed by atoms with van der Waals surface area (Å²) in [5, 5.41) is 5.69. The zero-order chi connectivity index (χ0) is 28.8. The number of nitrogens with one attached hydrogen (secondary N) is 1. The molecule has 1 N–H and O–H groups in total. The van der Waals surface area contributed by atoms with Crippen LogP contribution in [0.25, 0.3) is 33.0 Å². The molecule has 1 aliphatic rings. The number of carbonyl (C=O) groups excluding carboxylic acids is 1. The summed E-state index contributed by atoms with van der Waals surface area (Å²) in [6.45, 7) is 0. The van der Waals surface area contributed by atoms with Crippen molar-refractivity contribution in [1.82, 2.24) is 0 Å². The largest absolute Gasteiger partial charge is 0.465 e. The van der Waals surface area contributed by atoms with Gasteiger partial charge >= 0.3 is 5.97 Å². The van der Waals surface area contributed by atoms with E-state index in [0.29, 0.717) is 5.56 Å². The highest BCUT2D eigenvalue weighted by Gasteiger charge is 2.23. The fourth-order valence-corrected chi connectivity index (χ4v) is 5.76. The third kappa shape index (κ3) is 4.25. The number of carbonyl (C=O) groups is 1. The van der Waals surface area contributed by atoms with Crippen LogP contribution in [0.4, 0.5) is 37.2 Å². The number of anilines is 5. The van der Waals surface area contributed by atoms with Crippen LogP contribution in [0.15, 0.2) is 121 Å². The average molecular weight is 555 g/mol. The van der Waals surface area contributed by atoms with Crippen LogP contribution >= 0.6 is 0 Å². The van der Waals surface area contributed by atoms with Gasteiger partial charge in [-0.25, -0.2) is 13.6 Å². The summed E-state index contributed by atoms with van der Waals surface area (Å²) in [5.41, 5.74) is 8.52. The molecule has 0 spiro atoms. The van der Waals surface area contributed by atoms with Crippen molar-refractivity contribution in [2.75, 3.05) is 17.3 Å². The highest BCUT2D eigenvalue weighted by molar-refractivity contribution is 6.16. The Labute approximate surface area is 241 Å². The van der Waals surface area contributed by atoms with E-state index >= 15 is 0 Å². The van der Waals surface area contributed by atoms with Gasteiger partial charge in [-0.1, -0.05) is 48.5 Å². The number of hydrogen-bond acceptors (Lipinski definition) is 4. The molecule has 1 heterocycles. The Morgan fingerprint density at radius 3 is 1.93 bits per heavy atom. The fraction of sp³-hybridized carbons (Fsp3) is 0.0278. The van der Waals surface area contributed by atoms with Crippen molar-refractivity contribution in [2.24, 2.45) is 0 Å². The number of ether oxygens (including phenoxy) is 1. The van der Waals surface area contributed by atoms with Crippen LogP contribution in [0.2, 0.25) is 0 Å². The lowest BCUT2D eigenvalue weighted by molar-refractivity contribution is 0.0601. The summed E-state index contributed by atoms with van der Waals surface area (Å²) in [7, 11) is 1.39. The van der Waals surface area contributed by atoms with Crippen LogP contribution < -0.4 is 10.2 Å². The molecule has 204 valence electrons. The second kappa shape index (κ2) is 10.2. The minimum atomic E-state index is -0.381. The first-order valence-corrected chi connectivity index (χ1v) is 13.5. The van der Waals surface area contributed by atoms with Gasteiger partial charge in [-0.05, 0) is 94.9 Å². The Bertz CT molecular complexity index is 1940. The summed E-state index contributed by atoms with van der Waals surface area (Å²) in [6.07, 6.45) is 0. The van der Waals surface area contributed by atoms with E-state index in [1.165, 1.54) is 31.4 Å². The molecule has 1 aliphatic heterocycles. The van der Waals surface area contributed by atoms with E-state index in [2.05, 4.69) is 23.5 Å². The maximum absolute atomic E-state index is 13.8. The molecule has 0 amide bonds. The van der Waals surface area contributed by atoms with Crippen LogP contribution in [0.1, 0.15) is 10.4 Å². The predicted octanol–water partition coefficient (Wildman–Crippen LogP) is 9.77. The number of nitrogens with zero attached hydrogens (tertiary/aromatic N) is 1. The van der Waals surface area contributed by atoms with Crippen molar-refractivity contribution >= 4 is 45.2 Å². The first-order chi connectivity index (χ1) is 20.5. The van der Waals surface area contributed by atoms with E-state index in [1.54, 1.807) is 30.3 Å². The third-order valence-electron chi connectivity index (χ3n) is 7.65. The van der Waals surface area contributed by atoms with E-state index in [9.17, 15) is 13.6 Å². The van der Waals surface area contributed by atoms with Gasteiger partial charge in [0, 0.05) is 39.4 Å². The monoisotopic (exact) mass is 554 g/mol. The Morgan fingerprint density at radius 1 is 0.619 bits per heavy atom. The zero-order valence-corrected chi connectivity index (χ0v) is 22.6. The van der Waals surface area contributed by atoms with E-state index < -0.39 is 0 Å². The quantitative estimate of drug-likeness (QED) is 0.215. The topological polar surface area (TPSA) is 41.6 Å². The number of halogens is 2. The standard InChI is InChI=1S/C36H24F2N2O2/c1-42-36(41)32-6-3-2-5-27(32)28-19-20-33-35-30(28)7-4-8-31(35)29-18-17-26(21-34(29)39-33)40(24-13-9-22(37)10-14-24)25-15-11-23(38)12-16-25/h2-21,39H,1H3. The fourth-order valence-electron chi connectivity index (χ4n) is 5.76. The lowest BCUT2D eigenvalue weighted by Crippen LogP contribution is -2.11. The second-order valence-corrected chi connectivity index (χ2v) is 10.1. The van der Waals surface area contributed by atoms with Crippen LogP contribution in [-0.2, 0) is 4.74 Å². The number of rotatable bonds is 5. The van der Waals surface area contributed by atoms with E-state index in [0.717, 1.165) is 61.5 Å². The molecule has 0 unspecified atom stereocenters. The van der Waals surface area contributed by atoms with Crippen molar-refractivity contribution < 1.29 is 18.3 Å².